The van der Waals surface area contributed by atoms with Gasteiger partial charge >= 0.3 is 0 Å². The second-order valence-corrected chi connectivity index (χ2v) is 4.11. The summed E-state index contributed by atoms with van der Waals surface area (Å²) in [5, 5.41) is 12.1. The van der Waals surface area contributed by atoms with E-state index in [1.807, 2.05) is 37.3 Å². The third kappa shape index (κ3) is 2.50. The van der Waals surface area contributed by atoms with Crippen LogP contribution in [0.4, 0.5) is 5.82 Å². The minimum atomic E-state index is 0.541. The molecule has 96 valence electrons. The van der Waals surface area contributed by atoms with Crippen LogP contribution in [0.3, 0.4) is 0 Å². The Morgan fingerprint density at radius 3 is 2.47 bits per heavy atom. The van der Waals surface area contributed by atoms with E-state index < -0.39 is 0 Å². The molecule has 1 heterocycles. The molecule has 1 N–H and O–H groups in total. The summed E-state index contributed by atoms with van der Waals surface area (Å²) in [6.45, 7) is 1.93. The first-order chi connectivity index (χ1) is 9.19. The third-order valence-electron chi connectivity index (χ3n) is 2.97. The van der Waals surface area contributed by atoms with Crippen LogP contribution in [0.1, 0.15) is 11.3 Å². The predicted molar refractivity (Wildman–Crippen MR) is 75.2 cm³/mol. The fourth-order valence-electron chi connectivity index (χ4n) is 1.94. The number of aromatic nitrogens is 1. The zero-order valence-corrected chi connectivity index (χ0v) is 11.2. The van der Waals surface area contributed by atoms with Crippen LogP contribution in [-0.2, 0) is 0 Å². The van der Waals surface area contributed by atoms with E-state index in [1.165, 1.54) is 0 Å². The molecule has 0 unspecified atom stereocenters. The van der Waals surface area contributed by atoms with Crippen LogP contribution in [0, 0.1) is 18.3 Å². The van der Waals surface area contributed by atoms with Gasteiger partial charge in [-0.2, -0.15) is 5.26 Å². The summed E-state index contributed by atoms with van der Waals surface area (Å²) in [4.78, 5) is 4.42. The summed E-state index contributed by atoms with van der Waals surface area (Å²) < 4.78 is 5.14. The average molecular weight is 253 g/mol. The number of nitrogens with one attached hydrogen (secondary N) is 1. The number of hydrogen-bond acceptors (Lipinski definition) is 4. The number of hydrogen-bond donors (Lipinski definition) is 1. The number of methoxy groups -OCH3 is 1. The third-order valence-corrected chi connectivity index (χ3v) is 2.97. The number of nitrogens with zero attached hydrogens (tertiary/aromatic N) is 2. The van der Waals surface area contributed by atoms with Crippen molar-refractivity contribution >= 4 is 5.82 Å². The molecule has 0 saturated carbocycles. The number of aryl methyl sites for hydroxylation is 1. The number of anilines is 1. The van der Waals surface area contributed by atoms with Crippen molar-refractivity contribution in [3.63, 3.8) is 0 Å². The number of nitriles is 1. The Morgan fingerprint density at radius 1 is 1.26 bits per heavy atom. The Labute approximate surface area is 112 Å². The molecule has 0 aliphatic heterocycles. The van der Waals surface area contributed by atoms with Gasteiger partial charge in [-0.05, 0) is 30.7 Å². The van der Waals surface area contributed by atoms with Crippen molar-refractivity contribution in [1.29, 1.82) is 5.26 Å². The molecule has 4 nitrogen and oxygen atoms in total. The summed E-state index contributed by atoms with van der Waals surface area (Å²) in [5.74, 6) is 1.42. The van der Waals surface area contributed by atoms with Crippen LogP contribution in [0.2, 0.25) is 0 Å². The van der Waals surface area contributed by atoms with Gasteiger partial charge in [0, 0.05) is 18.3 Å². The Bertz CT molecular complexity index is 627. The largest absolute Gasteiger partial charge is 0.497 e. The van der Waals surface area contributed by atoms with Crippen molar-refractivity contribution in [2.75, 3.05) is 19.5 Å². The summed E-state index contributed by atoms with van der Waals surface area (Å²) >= 11 is 0. The van der Waals surface area contributed by atoms with Crippen LogP contribution >= 0.6 is 0 Å². The zero-order chi connectivity index (χ0) is 13.8. The molecular weight excluding hydrogens is 238 g/mol. The Balaban J connectivity index is 2.52. The van der Waals surface area contributed by atoms with Crippen molar-refractivity contribution in [3.05, 3.63) is 41.6 Å². The summed E-state index contributed by atoms with van der Waals surface area (Å²) in [6, 6.07) is 11.7. The van der Waals surface area contributed by atoms with E-state index in [0.717, 1.165) is 22.6 Å². The molecule has 0 fully saturated rings. The number of rotatable bonds is 3. The van der Waals surface area contributed by atoms with Crippen LogP contribution < -0.4 is 10.1 Å². The highest BCUT2D eigenvalue weighted by Crippen LogP contribution is 2.27. The first-order valence-corrected chi connectivity index (χ1v) is 5.93. The molecule has 1 aromatic heterocycles. The minimum Gasteiger partial charge on any atom is -0.497 e. The highest BCUT2D eigenvalue weighted by molar-refractivity contribution is 5.71. The maximum absolute atomic E-state index is 9.14. The molecule has 0 atom stereocenters. The van der Waals surface area contributed by atoms with Gasteiger partial charge < -0.3 is 10.1 Å². The lowest BCUT2D eigenvalue weighted by molar-refractivity contribution is 0.415. The molecule has 0 bridgehead atoms. The first-order valence-electron chi connectivity index (χ1n) is 5.93. The molecule has 2 aromatic rings. The van der Waals surface area contributed by atoms with Crippen LogP contribution in [0.5, 0.6) is 5.75 Å². The molecule has 2 rings (SSSR count). The molecule has 0 aliphatic rings. The van der Waals surface area contributed by atoms with Crippen molar-refractivity contribution in [1.82, 2.24) is 4.98 Å². The van der Waals surface area contributed by atoms with Gasteiger partial charge in [0.1, 0.15) is 17.6 Å². The SMILES string of the molecule is CNc1nc(C)c(-c2ccc(OC)cc2)cc1C#N. The predicted octanol–water partition coefficient (Wildman–Crippen LogP) is 2.98. The topological polar surface area (TPSA) is 57.9 Å². The van der Waals surface area contributed by atoms with Gasteiger partial charge in [-0.1, -0.05) is 12.1 Å². The fraction of sp³-hybridized carbons (Fsp3) is 0.200. The lowest BCUT2D eigenvalue weighted by atomic mass is 10.0. The molecule has 0 radical (unpaired) electrons. The smallest absolute Gasteiger partial charge is 0.143 e. The van der Waals surface area contributed by atoms with Gasteiger partial charge in [0.05, 0.1) is 12.7 Å². The Hall–Kier alpha value is -2.54. The highest BCUT2D eigenvalue weighted by atomic mass is 16.5. The lowest BCUT2D eigenvalue weighted by Gasteiger charge is -2.10. The van der Waals surface area contributed by atoms with Gasteiger partial charge in [-0.25, -0.2) is 4.98 Å². The monoisotopic (exact) mass is 253 g/mol. The maximum atomic E-state index is 9.14. The van der Waals surface area contributed by atoms with Gasteiger partial charge in [0.25, 0.3) is 0 Å². The molecule has 0 saturated heterocycles. The highest BCUT2D eigenvalue weighted by Gasteiger charge is 2.09. The zero-order valence-electron chi connectivity index (χ0n) is 11.2. The fourth-order valence-corrected chi connectivity index (χ4v) is 1.94. The van der Waals surface area contributed by atoms with Crippen molar-refractivity contribution in [3.8, 4) is 22.9 Å². The molecule has 0 amide bonds. The molecule has 0 aliphatic carbocycles. The van der Waals surface area contributed by atoms with Gasteiger partial charge in [-0.15, -0.1) is 0 Å². The van der Waals surface area contributed by atoms with E-state index in [2.05, 4.69) is 16.4 Å². The molecule has 4 heteroatoms. The summed E-state index contributed by atoms with van der Waals surface area (Å²) in [6.07, 6.45) is 0. The maximum Gasteiger partial charge on any atom is 0.143 e. The summed E-state index contributed by atoms with van der Waals surface area (Å²) in [7, 11) is 3.40. The normalized spacial score (nSPS) is 9.79. The van der Waals surface area contributed by atoms with Crippen molar-refractivity contribution in [2.24, 2.45) is 0 Å². The summed E-state index contributed by atoms with van der Waals surface area (Å²) in [5.41, 5.74) is 3.40. The minimum absolute atomic E-state index is 0.541. The number of pyridine rings is 1. The first kappa shape index (κ1) is 12.9. The van der Waals surface area contributed by atoms with Crippen LogP contribution in [0.25, 0.3) is 11.1 Å². The van der Waals surface area contributed by atoms with E-state index in [-0.39, 0.29) is 0 Å². The van der Waals surface area contributed by atoms with Crippen LogP contribution in [0.15, 0.2) is 30.3 Å². The van der Waals surface area contributed by atoms with Crippen molar-refractivity contribution in [2.45, 2.75) is 6.92 Å². The second kappa shape index (κ2) is 5.40. The second-order valence-electron chi connectivity index (χ2n) is 4.11. The van der Waals surface area contributed by atoms with E-state index >= 15 is 0 Å². The molecule has 1 aromatic carbocycles. The molecular formula is C15H15N3O. The molecule has 19 heavy (non-hydrogen) atoms. The Morgan fingerprint density at radius 2 is 1.95 bits per heavy atom. The number of ether oxygens (including phenoxy) is 1. The van der Waals surface area contributed by atoms with Crippen LogP contribution in [-0.4, -0.2) is 19.1 Å². The molecule has 0 spiro atoms. The van der Waals surface area contributed by atoms with Gasteiger partial charge in [0.15, 0.2) is 0 Å². The van der Waals surface area contributed by atoms with E-state index in [9.17, 15) is 0 Å². The van der Waals surface area contributed by atoms with Gasteiger partial charge in [-0.3, -0.25) is 0 Å². The lowest BCUT2D eigenvalue weighted by Crippen LogP contribution is -1.99. The van der Waals surface area contributed by atoms with E-state index in [0.29, 0.717) is 11.4 Å². The van der Waals surface area contributed by atoms with E-state index in [1.54, 1.807) is 14.2 Å². The average Bonchev–Trinajstić information content (AvgIpc) is 2.47. The van der Waals surface area contributed by atoms with Gasteiger partial charge in [0.2, 0.25) is 0 Å². The number of benzene rings is 1. The Kier molecular flexibility index (Phi) is 3.67. The quantitative estimate of drug-likeness (QED) is 0.913. The van der Waals surface area contributed by atoms with Crippen molar-refractivity contribution < 1.29 is 4.74 Å². The van der Waals surface area contributed by atoms with E-state index in [4.69, 9.17) is 10.00 Å². The standard InChI is InChI=1S/C15H15N3O/c1-10-14(8-12(9-16)15(17-2)18-10)11-4-6-13(19-3)7-5-11/h4-8H,1-3H3,(H,17,18).